The van der Waals surface area contributed by atoms with Crippen LogP contribution in [0.25, 0.3) is 0 Å². The highest BCUT2D eigenvalue weighted by atomic mass is 35.5. The first-order chi connectivity index (χ1) is 9.47. The monoisotopic (exact) mass is 312 g/mol. The van der Waals surface area contributed by atoms with Gasteiger partial charge in [0.2, 0.25) is 5.91 Å². The van der Waals surface area contributed by atoms with Crippen molar-refractivity contribution < 1.29 is 9.18 Å². The summed E-state index contributed by atoms with van der Waals surface area (Å²) in [5, 5.41) is 3.65. The maximum atomic E-state index is 13.0. The van der Waals surface area contributed by atoms with E-state index in [1.165, 1.54) is 12.1 Å². The van der Waals surface area contributed by atoms with E-state index < -0.39 is 17.8 Å². The lowest BCUT2D eigenvalue weighted by Gasteiger charge is -2.18. The number of anilines is 1. The second-order valence-electron chi connectivity index (χ2n) is 4.15. The van der Waals surface area contributed by atoms with Crippen molar-refractivity contribution in [3.63, 3.8) is 0 Å². The molecule has 2 aromatic carbocycles. The van der Waals surface area contributed by atoms with Gasteiger partial charge in [-0.05, 0) is 36.4 Å². The fourth-order valence-electron chi connectivity index (χ4n) is 1.75. The molecule has 2 aromatic rings. The van der Waals surface area contributed by atoms with E-state index in [4.69, 9.17) is 28.9 Å². The molecule has 6 heteroatoms. The van der Waals surface area contributed by atoms with Crippen molar-refractivity contribution in [3.8, 4) is 0 Å². The number of nitrogens with two attached hydrogens (primary N) is 1. The third-order valence-corrected chi connectivity index (χ3v) is 3.29. The van der Waals surface area contributed by atoms with Gasteiger partial charge in [0.15, 0.2) is 0 Å². The number of rotatable bonds is 4. The lowest BCUT2D eigenvalue weighted by atomic mass is 10.1. The Labute approximate surface area is 125 Å². The maximum absolute atomic E-state index is 13.0. The molecule has 1 unspecified atom stereocenters. The van der Waals surface area contributed by atoms with Crippen LogP contribution in [-0.2, 0) is 4.79 Å². The Morgan fingerprint density at radius 2 is 1.80 bits per heavy atom. The lowest BCUT2D eigenvalue weighted by molar-refractivity contribution is -0.118. The van der Waals surface area contributed by atoms with Crippen LogP contribution >= 0.6 is 23.2 Å². The largest absolute Gasteiger partial charge is 0.370 e. The summed E-state index contributed by atoms with van der Waals surface area (Å²) >= 11 is 11.7. The van der Waals surface area contributed by atoms with E-state index in [2.05, 4.69) is 5.32 Å². The number of nitrogens with one attached hydrogen (secondary N) is 1. The van der Waals surface area contributed by atoms with Gasteiger partial charge >= 0.3 is 0 Å². The standard InChI is InChI=1S/C14H11Cl2FN2O/c15-8-1-4-10(5-2-8)19-13(14(18)20)11-6-3-9(17)7-12(11)16/h1-7,13,19H,(H2,18,20). The Kier molecular flexibility index (Phi) is 4.47. The van der Waals surface area contributed by atoms with Crippen molar-refractivity contribution in [2.24, 2.45) is 5.73 Å². The van der Waals surface area contributed by atoms with Crippen LogP contribution in [0.5, 0.6) is 0 Å². The minimum Gasteiger partial charge on any atom is -0.370 e. The van der Waals surface area contributed by atoms with Gasteiger partial charge in [-0.25, -0.2) is 4.39 Å². The minimum atomic E-state index is -0.857. The van der Waals surface area contributed by atoms with Crippen LogP contribution in [0.4, 0.5) is 10.1 Å². The Morgan fingerprint density at radius 1 is 1.15 bits per heavy atom. The van der Waals surface area contributed by atoms with Crippen molar-refractivity contribution in [1.29, 1.82) is 0 Å². The Balaban J connectivity index is 2.31. The van der Waals surface area contributed by atoms with Crippen LogP contribution in [0.1, 0.15) is 11.6 Å². The summed E-state index contributed by atoms with van der Waals surface area (Å²) in [6, 6.07) is 9.69. The maximum Gasteiger partial charge on any atom is 0.244 e. The Bertz CT molecular complexity index is 632. The summed E-state index contributed by atoms with van der Waals surface area (Å²) in [5.41, 5.74) is 6.44. The summed E-state index contributed by atoms with van der Waals surface area (Å²) < 4.78 is 13.0. The Morgan fingerprint density at radius 3 is 2.35 bits per heavy atom. The average molecular weight is 313 g/mol. The predicted molar refractivity (Wildman–Crippen MR) is 78.4 cm³/mol. The molecule has 0 aliphatic carbocycles. The highest BCUT2D eigenvalue weighted by molar-refractivity contribution is 6.31. The summed E-state index contributed by atoms with van der Waals surface area (Å²) in [5.74, 6) is -1.10. The average Bonchev–Trinajstić information content (AvgIpc) is 2.39. The molecule has 0 saturated carbocycles. The number of carbonyl (C=O) groups excluding carboxylic acids is 1. The molecule has 2 rings (SSSR count). The third kappa shape index (κ3) is 3.40. The van der Waals surface area contributed by atoms with E-state index in [1.807, 2.05) is 0 Å². The van der Waals surface area contributed by atoms with Crippen molar-refractivity contribution in [3.05, 3.63) is 63.9 Å². The zero-order valence-electron chi connectivity index (χ0n) is 10.2. The molecule has 0 aromatic heterocycles. The zero-order valence-corrected chi connectivity index (χ0v) is 11.8. The van der Waals surface area contributed by atoms with Gasteiger partial charge in [-0.1, -0.05) is 29.3 Å². The normalized spacial score (nSPS) is 11.9. The quantitative estimate of drug-likeness (QED) is 0.903. The van der Waals surface area contributed by atoms with E-state index in [-0.39, 0.29) is 5.02 Å². The number of carbonyl (C=O) groups is 1. The SMILES string of the molecule is NC(=O)C(Nc1ccc(Cl)cc1)c1ccc(F)cc1Cl. The number of halogens is 3. The van der Waals surface area contributed by atoms with Crippen molar-refractivity contribution in [2.45, 2.75) is 6.04 Å². The minimum absolute atomic E-state index is 0.135. The summed E-state index contributed by atoms with van der Waals surface area (Å²) in [6.45, 7) is 0. The smallest absolute Gasteiger partial charge is 0.244 e. The van der Waals surface area contributed by atoms with Crippen molar-refractivity contribution >= 4 is 34.8 Å². The third-order valence-electron chi connectivity index (χ3n) is 2.71. The molecule has 0 radical (unpaired) electrons. The predicted octanol–water partition coefficient (Wildman–Crippen LogP) is 3.77. The van der Waals surface area contributed by atoms with Crippen LogP contribution < -0.4 is 11.1 Å². The van der Waals surface area contributed by atoms with Gasteiger partial charge in [0, 0.05) is 21.3 Å². The fraction of sp³-hybridized carbons (Fsp3) is 0.0714. The molecule has 0 heterocycles. The van der Waals surface area contributed by atoms with Gasteiger partial charge in [0.1, 0.15) is 11.9 Å². The van der Waals surface area contributed by atoms with Gasteiger partial charge in [-0.2, -0.15) is 0 Å². The highest BCUT2D eigenvalue weighted by Crippen LogP contribution is 2.27. The highest BCUT2D eigenvalue weighted by Gasteiger charge is 2.20. The van der Waals surface area contributed by atoms with E-state index >= 15 is 0 Å². The number of benzene rings is 2. The van der Waals surface area contributed by atoms with Crippen LogP contribution in [0.2, 0.25) is 10.0 Å². The first-order valence-electron chi connectivity index (χ1n) is 5.74. The molecule has 0 aliphatic rings. The molecule has 104 valence electrons. The van der Waals surface area contributed by atoms with Gasteiger partial charge in [-0.15, -0.1) is 0 Å². The van der Waals surface area contributed by atoms with Crippen LogP contribution in [0, 0.1) is 5.82 Å². The first-order valence-corrected chi connectivity index (χ1v) is 6.49. The van der Waals surface area contributed by atoms with Gasteiger partial charge in [0.05, 0.1) is 0 Å². The molecule has 3 N–H and O–H groups in total. The summed E-state index contributed by atoms with van der Waals surface area (Å²) in [6.07, 6.45) is 0. The van der Waals surface area contributed by atoms with Gasteiger partial charge < -0.3 is 11.1 Å². The van der Waals surface area contributed by atoms with E-state index in [1.54, 1.807) is 24.3 Å². The molecule has 1 amide bonds. The molecule has 0 aliphatic heterocycles. The van der Waals surface area contributed by atoms with Gasteiger partial charge in [0.25, 0.3) is 0 Å². The molecule has 20 heavy (non-hydrogen) atoms. The van der Waals surface area contributed by atoms with Crippen LogP contribution in [0.15, 0.2) is 42.5 Å². The Hall–Kier alpha value is -1.78. The number of hydrogen-bond donors (Lipinski definition) is 2. The second kappa shape index (κ2) is 6.11. The molecule has 3 nitrogen and oxygen atoms in total. The second-order valence-corrected chi connectivity index (χ2v) is 5.00. The molecular weight excluding hydrogens is 302 g/mol. The lowest BCUT2D eigenvalue weighted by Crippen LogP contribution is -2.28. The number of hydrogen-bond acceptors (Lipinski definition) is 2. The first kappa shape index (κ1) is 14.6. The zero-order chi connectivity index (χ0) is 14.7. The van der Waals surface area contributed by atoms with E-state index in [0.29, 0.717) is 16.3 Å². The molecular formula is C14H11Cl2FN2O. The summed E-state index contributed by atoms with van der Waals surface area (Å²) in [7, 11) is 0. The molecule has 0 saturated heterocycles. The van der Waals surface area contributed by atoms with Gasteiger partial charge in [-0.3, -0.25) is 4.79 Å². The molecule has 0 spiro atoms. The summed E-state index contributed by atoms with van der Waals surface area (Å²) in [4.78, 5) is 11.6. The van der Waals surface area contributed by atoms with Crippen LogP contribution in [0.3, 0.4) is 0 Å². The molecule has 0 bridgehead atoms. The molecule has 0 fully saturated rings. The van der Waals surface area contributed by atoms with Crippen molar-refractivity contribution in [1.82, 2.24) is 0 Å². The van der Waals surface area contributed by atoms with E-state index in [0.717, 1.165) is 6.07 Å². The topological polar surface area (TPSA) is 55.1 Å². The number of amides is 1. The van der Waals surface area contributed by atoms with E-state index in [9.17, 15) is 9.18 Å². The molecule has 1 atom stereocenters. The van der Waals surface area contributed by atoms with Crippen LogP contribution in [-0.4, -0.2) is 5.91 Å². The fourth-order valence-corrected chi connectivity index (χ4v) is 2.15. The number of primary amides is 1. The van der Waals surface area contributed by atoms with Crippen molar-refractivity contribution in [2.75, 3.05) is 5.32 Å².